The highest BCUT2D eigenvalue weighted by molar-refractivity contribution is 6.42. The average molecular weight is 622 g/mol. The quantitative estimate of drug-likeness (QED) is 0.192. The summed E-state index contributed by atoms with van der Waals surface area (Å²) >= 11 is 12.9. The first-order chi connectivity index (χ1) is 21.2. The van der Waals surface area contributed by atoms with Crippen molar-refractivity contribution in [2.75, 3.05) is 10.2 Å². The molecule has 0 bridgehead atoms. The number of anilines is 2. The number of Topliss-reactive ketones (excluding diaryl/α,β-unsaturated/α-hetero) is 1. The minimum atomic E-state index is -0.442. The number of carbonyl (C=O) groups is 2. The third-order valence-electron chi connectivity index (χ3n) is 8.41. The molecule has 0 fully saturated rings. The first kappa shape index (κ1) is 28.4. The van der Waals surface area contributed by atoms with E-state index in [1.54, 1.807) is 6.07 Å². The van der Waals surface area contributed by atoms with Crippen LogP contribution in [-0.2, 0) is 11.3 Å². The molecule has 1 atom stereocenters. The number of hydrogen-bond donors (Lipinski definition) is 2. The van der Waals surface area contributed by atoms with Crippen molar-refractivity contribution in [3.63, 3.8) is 0 Å². The third-order valence-corrected chi connectivity index (χ3v) is 9.15. The van der Waals surface area contributed by atoms with Crippen molar-refractivity contribution in [2.24, 2.45) is 5.41 Å². The van der Waals surface area contributed by atoms with Crippen LogP contribution in [0.4, 0.5) is 11.4 Å². The van der Waals surface area contributed by atoms with Crippen LogP contribution in [0.25, 0.3) is 11.0 Å². The monoisotopic (exact) mass is 620 g/mol. The number of imidazole rings is 1. The maximum absolute atomic E-state index is 14.0. The first-order valence-corrected chi connectivity index (χ1v) is 15.3. The summed E-state index contributed by atoms with van der Waals surface area (Å²) in [7, 11) is 0. The van der Waals surface area contributed by atoms with E-state index in [0.29, 0.717) is 40.0 Å². The predicted molar refractivity (Wildman–Crippen MR) is 176 cm³/mol. The van der Waals surface area contributed by atoms with Crippen LogP contribution in [0, 0.1) is 5.41 Å². The Morgan fingerprint density at radius 1 is 0.909 bits per heavy atom. The van der Waals surface area contributed by atoms with E-state index in [9.17, 15) is 9.59 Å². The molecule has 4 aromatic carbocycles. The topological polar surface area (TPSA) is 78.1 Å². The van der Waals surface area contributed by atoms with E-state index in [4.69, 9.17) is 28.2 Å². The molecule has 0 unspecified atom stereocenters. The summed E-state index contributed by atoms with van der Waals surface area (Å²) in [6.07, 6.45) is 1.18. The summed E-state index contributed by atoms with van der Waals surface area (Å²) in [6.45, 7) is 4.63. The lowest BCUT2D eigenvalue weighted by Crippen LogP contribution is -2.36. The van der Waals surface area contributed by atoms with Crippen LogP contribution in [-0.4, -0.2) is 21.5 Å². The number of nitrogens with zero attached hydrogens (tertiary/aromatic N) is 2. The summed E-state index contributed by atoms with van der Waals surface area (Å²) in [5.41, 5.74) is 6.93. The van der Waals surface area contributed by atoms with Crippen LogP contribution >= 0.6 is 23.2 Å². The van der Waals surface area contributed by atoms with Gasteiger partial charge in [-0.3, -0.25) is 9.59 Å². The third kappa shape index (κ3) is 5.18. The molecule has 2 N–H and O–H groups in total. The molecule has 0 saturated carbocycles. The number of rotatable bonds is 5. The van der Waals surface area contributed by atoms with Crippen molar-refractivity contribution in [1.82, 2.24) is 9.97 Å². The van der Waals surface area contributed by atoms with Crippen LogP contribution in [0.15, 0.2) is 102 Å². The van der Waals surface area contributed by atoms with Gasteiger partial charge in [0.1, 0.15) is 5.82 Å². The summed E-state index contributed by atoms with van der Waals surface area (Å²) in [6, 6.07) is 28.0. The molecule has 2 aliphatic rings. The van der Waals surface area contributed by atoms with Crippen molar-refractivity contribution in [3.05, 3.63) is 135 Å². The van der Waals surface area contributed by atoms with Gasteiger partial charge in [0.25, 0.3) is 0 Å². The molecule has 7 rings (SSSR count). The van der Waals surface area contributed by atoms with Gasteiger partial charge in [0.05, 0.1) is 45.0 Å². The standard InChI is InChI=1S/C36H30Cl2N4O2/c1-36(2)18-29-33(31(43)19-36)34(22-12-14-24(37)25(38)16-22)42(30-11-7-6-10-27(30)39-29)20-32-40-26-15-13-23(17-28(26)41-32)35(44)21-8-4-3-5-9-21/h3-17,34,39H,18-20H2,1-2H3,(H,40,41)/t34-/m1/s1. The van der Waals surface area contributed by atoms with Gasteiger partial charge < -0.3 is 15.2 Å². The molecule has 8 heteroatoms. The Morgan fingerprint density at radius 2 is 1.68 bits per heavy atom. The lowest BCUT2D eigenvalue weighted by Gasteiger charge is -2.38. The molecular weight excluding hydrogens is 591 g/mol. The van der Waals surface area contributed by atoms with Crippen LogP contribution in [0.2, 0.25) is 10.0 Å². The van der Waals surface area contributed by atoms with E-state index in [1.165, 1.54) is 0 Å². The van der Waals surface area contributed by atoms with E-state index in [2.05, 4.69) is 35.1 Å². The molecule has 1 aliphatic carbocycles. The smallest absolute Gasteiger partial charge is 0.193 e. The molecule has 5 aromatic rings. The predicted octanol–water partition coefficient (Wildman–Crippen LogP) is 8.92. The van der Waals surface area contributed by atoms with Gasteiger partial charge in [-0.1, -0.05) is 85.6 Å². The molecule has 44 heavy (non-hydrogen) atoms. The van der Waals surface area contributed by atoms with Crippen molar-refractivity contribution < 1.29 is 9.59 Å². The Morgan fingerprint density at radius 3 is 2.48 bits per heavy atom. The fraction of sp³-hybridized carbons (Fsp3) is 0.194. The lowest BCUT2D eigenvalue weighted by atomic mass is 9.73. The molecule has 0 spiro atoms. The second-order valence-corrected chi connectivity index (χ2v) is 13.1. The lowest BCUT2D eigenvalue weighted by molar-refractivity contribution is -0.118. The summed E-state index contributed by atoms with van der Waals surface area (Å²) < 4.78 is 0. The van der Waals surface area contributed by atoms with E-state index < -0.39 is 6.04 Å². The Balaban J connectivity index is 1.35. The number of benzene rings is 4. The number of allylic oxidation sites excluding steroid dienone is 1. The second-order valence-electron chi connectivity index (χ2n) is 12.3. The highest BCUT2D eigenvalue weighted by Crippen LogP contribution is 2.49. The molecule has 6 nitrogen and oxygen atoms in total. The van der Waals surface area contributed by atoms with Gasteiger partial charge >= 0.3 is 0 Å². The van der Waals surface area contributed by atoms with E-state index in [1.807, 2.05) is 78.9 Å². The molecular formula is C36H30Cl2N4O2. The van der Waals surface area contributed by atoms with Crippen LogP contribution in [0.1, 0.15) is 60.0 Å². The highest BCUT2D eigenvalue weighted by atomic mass is 35.5. The largest absolute Gasteiger partial charge is 0.357 e. The zero-order valence-corrected chi connectivity index (χ0v) is 25.8. The first-order valence-electron chi connectivity index (χ1n) is 14.6. The number of nitrogens with one attached hydrogen (secondary N) is 2. The Bertz CT molecular complexity index is 1980. The molecule has 0 saturated heterocycles. The Labute approximate surface area is 265 Å². The Kier molecular flexibility index (Phi) is 7.07. The molecule has 0 amide bonds. The van der Waals surface area contributed by atoms with Crippen molar-refractivity contribution >= 4 is 57.2 Å². The number of hydrogen-bond acceptors (Lipinski definition) is 5. The van der Waals surface area contributed by atoms with Crippen molar-refractivity contribution in [1.29, 1.82) is 0 Å². The normalized spacial score (nSPS) is 17.6. The number of aromatic amines is 1. The molecule has 220 valence electrons. The fourth-order valence-corrected chi connectivity index (χ4v) is 6.76. The molecule has 2 heterocycles. The summed E-state index contributed by atoms with van der Waals surface area (Å²) in [5.74, 6) is 0.761. The molecule has 0 radical (unpaired) electrons. The summed E-state index contributed by atoms with van der Waals surface area (Å²) in [5, 5.41) is 4.53. The fourth-order valence-electron chi connectivity index (χ4n) is 6.45. The van der Waals surface area contributed by atoms with Gasteiger partial charge in [0.2, 0.25) is 0 Å². The van der Waals surface area contributed by atoms with Crippen LogP contribution < -0.4 is 10.2 Å². The van der Waals surface area contributed by atoms with Gasteiger partial charge in [-0.15, -0.1) is 0 Å². The average Bonchev–Trinajstić information content (AvgIpc) is 3.35. The maximum atomic E-state index is 14.0. The Hall–Kier alpha value is -4.39. The van der Waals surface area contributed by atoms with E-state index in [0.717, 1.165) is 45.7 Å². The number of para-hydroxylation sites is 2. The van der Waals surface area contributed by atoms with Gasteiger partial charge in [-0.2, -0.15) is 0 Å². The maximum Gasteiger partial charge on any atom is 0.193 e. The number of ketones is 2. The van der Waals surface area contributed by atoms with Gasteiger partial charge in [0, 0.05) is 28.8 Å². The van der Waals surface area contributed by atoms with Crippen LogP contribution in [0.3, 0.4) is 0 Å². The zero-order chi connectivity index (χ0) is 30.6. The van der Waals surface area contributed by atoms with Gasteiger partial charge in [0.15, 0.2) is 11.6 Å². The molecule has 1 aliphatic heterocycles. The minimum absolute atomic E-state index is 0.0472. The van der Waals surface area contributed by atoms with Gasteiger partial charge in [-0.25, -0.2) is 4.98 Å². The number of carbonyl (C=O) groups excluding carboxylic acids is 2. The second kappa shape index (κ2) is 11.0. The zero-order valence-electron chi connectivity index (χ0n) is 24.3. The highest BCUT2D eigenvalue weighted by Gasteiger charge is 2.41. The van der Waals surface area contributed by atoms with Crippen molar-refractivity contribution in [2.45, 2.75) is 39.3 Å². The van der Waals surface area contributed by atoms with Crippen molar-refractivity contribution in [3.8, 4) is 0 Å². The van der Waals surface area contributed by atoms with E-state index >= 15 is 0 Å². The number of H-pyrrole nitrogens is 1. The number of halogens is 2. The summed E-state index contributed by atoms with van der Waals surface area (Å²) in [4.78, 5) is 37.7. The van der Waals surface area contributed by atoms with E-state index in [-0.39, 0.29) is 17.0 Å². The number of aromatic nitrogens is 2. The number of fused-ring (bicyclic) bond motifs is 2. The molecule has 1 aromatic heterocycles. The van der Waals surface area contributed by atoms with Gasteiger partial charge in [-0.05, 0) is 59.9 Å². The minimum Gasteiger partial charge on any atom is -0.357 e. The SMILES string of the molecule is CC1(C)CC(=O)C2=C(C1)Nc1ccccc1N(Cc1nc3ccc(C(=O)c4ccccc4)cc3[nH]1)[C@@H]2c1ccc(Cl)c(Cl)c1. The van der Waals surface area contributed by atoms with Crippen LogP contribution in [0.5, 0.6) is 0 Å².